The van der Waals surface area contributed by atoms with Crippen LogP contribution >= 0.6 is 0 Å². The molecule has 1 unspecified atom stereocenters. The van der Waals surface area contributed by atoms with Crippen molar-refractivity contribution in [1.29, 1.82) is 0 Å². The predicted octanol–water partition coefficient (Wildman–Crippen LogP) is 2.16. The van der Waals surface area contributed by atoms with Crippen molar-refractivity contribution >= 4 is 13.2 Å². The van der Waals surface area contributed by atoms with E-state index in [4.69, 9.17) is 5.73 Å². The second-order valence-electron chi connectivity index (χ2n) is 4.07. The zero-order valence-corrected chi connectivity index (χ0v) is 9.58. The van der Waals surface area contributed by atoms with E-state index in [0.717, 1.165) is 16.8 Å². The van der Waals surface area contributed by atoms with Gasteiger partial charge in [-0.15, -0.1) is 0 Å². The van der Waals surface area contributed by atoms with Gasteiger partial charge in [0, 0.05) is 5.69 Å². The molecule has 0 amide bonds. The summed E-state index contributed by atoms with van der Waals surface area (Å²) in [6.07, 6.45) is 0.715. The Balaban J connectivity index is 2.19. The summed E-state index contributed by atoms with van der Waals surface area (Å²) in [5, 5.41) is 9.37. The van der Waals surface area contributed by atoms with E-state index in [-0.39, 0.29) is 5.82 Å². The summed E-state index contributed by atoms with van der Waals surface area (Å²) in [4.78, 5) is 0. The van der Waals surface area contributed by atoms with Crippen LogP contribution < -0.4 is 5.73 Å². The number of para-hydroxylation sites is 1. The van der Waals surface area contributed by atoms with E-state index in [0.29, 0.717) is 6.42 Å². The molecule has 0 aliphatic carbocycles. The van der Waals surface area contributed by atoms with Crippen molar-refractivity contribution in [2.24, 2.45) is 0 Å². The Morgan fingerprint density at radius 2 is 1.65 bits per heavy atom. The molecule has 0 aliphatic heterocycles. The Morgan fingerprint density at radius 3 is 2.29 bits per heavy atom. The lowest BCUT2D eigenvalue weighted by Crippen LogP contribution is -2.12. The molecule has 2 rings (SSSR count). The molecule has 0 fully saturated rings. The van der Waals surface area contributed by atoms with Gasteiger partial charge < -0.3 is 10.8 Å². The molecule has 0 heterocycles. The summed E-state index contributed by atoms with van der Waals surface area (Å²) in [5.41, 5.74) is 8.84. The predicted molar refractivity (Wildman–Crippen MR) is 71.7 cm³/mol. The molecule has 3 N–H and O–H groups in total. The van der Waals surface area contributed by atoms with Gasteiger partial charge in [0.05, 0.1) is 0 Å². The van der Waals surface area contributed by atoms with Crippen LogP contribution in [0.2, 0.25) is 0 Å². The maximum atomic E-state index is 9.37. The first kappa shape index (κ1) is 11.7. The van der Waals surface area contributed by atoms with Gasteiger partial charge in [0.15, 0.2) is 0 Å². The molecule has 2 nitrogen and oxygen atoms in total. The normalized spacial score (nSPS) is 12.1. The fraction of sp³-hybridized carbons (Fsp3) is 0.143. The van der Waals surface area contributed by atoms with E-state index < -0.39 is 0 Å². The van der Waals surface area contributed by atoms with Gasteiger partial charge in [0.2, 0.25) is 0 Å². The number of nitrogen functional groups attached to an aromatic ring is 1. The van der Waals surface area contributed by atoms with E-state index in [2.05, 4.69) is 0 Å². The highest BCUT2D eigenvalue weighted by atomic mass is 16.2. The van der Waals surface area contributed by atoms with Crippen LogP contribution in [0.25, 0.3) is 0 Å². The third-order valence-electron chi connectivity index (χ3n) is 2.90. The van der Waals surface area contributed by atoms with Crippen LogP contribution in [0.4, 0.5) is 5.69 Å². The Hall–Kier alpha value is -1.74. The first-order chi connectivity index (χ1) is 8.31. The largest absolute Gasteiger partial charge is 0.454 e. The Bertz CT molecular complexity index is 473. The lowest BCUT2D eigenvalue weighted by Gasteiger charge is -2.14. The summed E-state index contributed by atoms with van der Waals surface area (Å²) in [6, 6.07) is 17.7. The minimum atomic E-state index is -0.0131. The number of benzene rings is 2. The van der Waals surface area contributed by atoms with Crippen molar-refractivity contribution in [3.63, 3.8) is 0 Å². The third-order valence-corrected chi connectivity index (χ3v) is 2.90. The van der Waals surface area contributed by atoms with Crippen molar-refractivity contribution in [2.75, 3.05) is 5.73 Å². The number of nitrogens with two attached hydrogens (primary N) is 1. The molecule has 0 aromatic heterocycles. The smallest absolute Gasteiger partial charge is 0.295 e. The average molecular weight is 224 g/mol. The van der Waals surface area contributed by atoms with Gasteiger partial charge in [-0.3, -0.25) is 0 Å². The van der Waals surface area contributed by atoms with E-state index >= 15 is 0 Å². The first-order valence-corrected chi connectivity index (χ1v) is 5.67. The van der Waals surface area contributed by atoms with Crippen LogP contribution in [0.15, 0.2) is 54.6 Å². The fourth-order valence-electron chi connectivity index (χ4n) is 1.91. The van der Waals surface area contributed by atoms with Crippen LogP contribution in [-0.4, -0.2) is 12.5 Å². The van der Waals surface area contributed by atoms with Crippen LogP contribution in [0, 0.1) is 0 Å². The van der Waals surface area contributed by atoms with E-state index in [1.54, 1.807) is 0 Å². The molecular weight excluding hydrogens is 209 g/mol. The van der Waals surface area contributed by atoms with Crippen molar-refractivity contribution in [3.05, 3.63) is 65.7 Å². The number of rotatable bonds is 4. The summed E-state index contributed by atoms with van der Waals surface area (Å²) in [6.45, 7) is 0. The van der Waals surface area contributed by atoms with Gasteiger partial charge in [-0.25, -0.2) is 0 Å². The van der Waals surface area contributed by atoms with Crippen LogP contribution in [0.5, 0.6) is 0 Å². The quantitative estimate of drug-likeness (QED) is 0.617. The maximum absolute atomic E-state index is 9.37. The molecule has 85 valence electrons. The second-order valence-corrected chi connectivity index (χ2v) is 4.07. The Kier molecular flexibility index (Phi) is 3.83. The van der Waals surface area contributed by atoms with Crippen LogP contribution in [0.3, 0.4) is 0 Å². The lowest BCUT2D eigenvalue weighted by atomic mass is 9.72. The molecule has 0 saturated heterocycles. The average Bonchev–Trinajstić information content (AvgIpc) is 2.39. The fourth-order valence-corrected chi connectivity index (χ4v) is 1.91. The topological polar surface area (TPSA) is 46.2 Å². The Labute approximate surface area is 102 Å². The maximum Gasteiger partial charge on any atom is 0.295 e. The highest BCUT2D eigenvalue weighted by Gasteiger charge is 2.14. The highest BCUT2D eigenvalue weighted by Crippen LogP contribution is 2.22. The van der Waals surface area contributed by atoms with Gasteiger partial charge >= 0.3 is 0 Å². The molecule has 1 radical (unpaired) electrons. The third kappa shape index (κ3) is 2.89. The zero-order valence-electron chi connectivity index (χ0n) is 9.58. The SMILES string of the molecule is Nc1ccccc1CC([B]O)c1ccccc1. The van der Waals surface area contributed by atoms with E-state index in [1.807, 2.05) is 54.6 Å². The minimum Gasteiger partial charge on any atom is -0.454 e. The molecule has 17 heavy (non-hydrogen) atoms. The van der Waals surface area contributed by atoms with Gasteiger partial charge in [0.25, 0.3) is 7.48 Å². The molecule has 3 heteroatoms. The molecule has 2 aromatic carbocycles. The van der Waals surface area contributed by atoms with Crippen LogP contribution in [0.1, 0.15) is 16.9 Å². The lowest BCUT2D eigenvalue weighted by molar-refractivity contribution is 0.579. The molecule has 0 saturated carbocycles. The highest BCUT2D eigenvalue weighted by molar-refractivity contribution is 6.28. The molecule has 0 aliphatic rings. The Morgan fingerprint density at radius 1 is 1.00 bits per heavy atom. The van der Waals surface area contributed by atoms with E-state index in [9.17, 15) is 5.02 Å². The monoisotopic (exact) mass is 224 g/mol. The van der Waals surface area contributed by atoms with Crippen molar-refractivity contribution in [1.82, 2.24) is 0 Å². The summed E-state index contributed by atoms with van der Waals surface area (Å²) >= 11 is 0. The van der Waals surface area contributed by atoms with Gasteiger partial charge in [-0.1, -0.05) is 48.5 Å². The molecular formula is C14H15BNO. The second kappa shape index (κ2) is 5.55. The molecule has 2 aromatic rings. The number of hydrogen-bond acceptors (Lipinski definition) is 2. The van der Waals surface area contributed by atoms with Gasteiger partial charge in [0.1, 0.15) is 0 Å². The van der Waals surface area contributed by atoms with Gasteiger partial charge in [-0.05, 0) is 29.4 Å². The minimum absolute atomic E-state index is 0.0131. The van der Waals surface area contributed by atoms with Gasteiger partial charge in [-0.2, -0.15) is 0 Å². The van der Waals surface area contributed by atoms with Crippen LogP contribution in [-0.2, 0) is 6.42 Å². The van der Waals surface area contributed by atoms with Crippen molar-refractivity contribution in [2.45, 2.75) is 12.2 Å². The molecule has 0 bridgehead atoms. The number of hydrogen-bond donors (Lipinski definition) is 2. The number of anilines is 1. The molecule has 1 atom stereocenters. The van der Waals surface area contributed by atoms with Crippen molar-refractivity contribution in [3.8, 4) is 0 Å². The standard InChI is InChI=1S/C14H15BNO/c16-14-9-5-4-8-12(14)10-13(15-17)11-6-2-1-3-7-11/h1-9,13,17H,10,16H2. The molecule has 0 spiro atoms. The van der Waals surface area contributed by atoms with Crippen molar-refractivity contribution < 1.29 is 5.02 Å². The zero-order chi connectivity index (χ0) is 12.1. The first-order valence-electron chi connectivity index (χ1n) is 5.67. The summed E-state index contributed by atoms with van der Waals surface area (Å²) in [5.74, 6) is -0.0131. The summed E-state index contributed by atoms with van der Waals surface area (Å²) < 4.78 is 0. The summed E-state index contributed by atoms with van der Waals surface area (Å²) in [7, 11) is 1.24. The van der Waals surface area contributed by atoms with E-state index in [1.165, 1.54) is 7.48 Å².